The monoisotopic (exact) mass is 382 g/mol. The number of nitrogens with zero attached hydrogens (tertiary/aromatic N) is 1. The standard InChI is InChI=1S/C18H20F2N2O3S/c1-12-5-4-6-13(2)17(12)21-16(23)11-22(3)14-7-9-15(10-8-14)26(24,25)18(19)20/h4-10,18H,11H2,1-3H3,(H,21,23). The topological polar surface area (TPSA) is 66.5 Å². The van der Waals surface area contributed by atoms with Gasteiger partial charge in [-0.3, -0.25) is 4.79 Å². The molecule has 5 nitrogen and oxygen atoms in total. The van der Waals surface area contributed by atoms with Crippen LogP contribution in [0.1, 0.15) is 11.1 Å². The fourth-order valence-corrected chi connectivity index (χ4v) is 3.21. The number of anilines is 2. The Morgan fingerprint density at radius 1 is 1.08 bits per heavy atom. The molecule has 0 aliphatic rings. The van der Waals surface area contributed by atoms with Crippen LogP contribution in [0, 0.1) is 13.8 Å². The second-order valence-electron chi connectivity index (χ2n) is 5.97. The number of carbonyl (C=O) groups is 1. The van der Waals surface area contributed by atoms with Gasteiger partial charge in [0, 0.05) is 18.4 Å². The Balaban J connectivity index is 2.08. The second-order valence-corrected chi connectivity index (χ2v) is 7.89. The largest absolute Gasteiger partial charge is 0.365 e. The normalized spacial score (nSPS) is 11.5. The van der Waals surface area contributed by atoms with Crippen LogP contribution < -0.4 is 10.2 Å². The number of amides is 1. The van der Waals surface area contributed by atoms with Crippen molar-refractivity contribution in [3.8, 4) is 0 Å². The highest BCUT2D eigenvalue weighted by Gasteiger charge is 2.26. The lowest BCUT2D eigenvalue weighted by atomic mass is 10.1. The van der Waals surface area contributed by atoms with Gasteiger partial charge in [0.25, 0.3) is 0 Å². The van der Waals surface area contributed by atoms with E-state index in [1.807, 2.05) is 32.0 Å². The van der Waals surface area contributed by atoms with E-state index >= 15 is 0 Å². The van der Waals surface area contributed by atoms with Crippen molar-refractivity contribution >= 4 is 27.1 Å². The van der Waals surface area contributed by atoms with E-state index in [2.05, 4.69) is 5.32 Å². The molecule has 2 rings (SSSR count). The average molecular weight is 382 g/mol. The zero-order valence-corrected chi connectivity index (χ0v) is 15.5. The fraction of sp³-hybridized carbons (Fsp3) is 0.278. The number of rotatable bonds is 6. The van der Waals surface area contributed by atoms with Crippen LogP contribution in [0.4, 0.5) is 20.2 Å². The quantitative estimate of drug-likeness (QED) is 0.832. The molecule has 26 heavy (non-hydrogen) atoms. The van der Waals surface area contributed by atoms with Crippen LogP contribution >= 0.6 is 0 Å². The maximum absolute atomic E-state index is 12.6. The summed E-state index contributed by atoms with van der Waals surface area (Å²) in [5.74, 6) is -3.71. The van der Waals surface area contributed by atoms with E-state index in [0.29, 0.717) is 5.69 Å². The Morgan fingerprint density at radius 3 is 2.12 bits per heavy atom. The summed E-state index contributed by atoms with van der Waals surface area (Å²) < 4.78 is 48.0. The smallest absolute Gasteiger partial charge is 0.341 e. The van der Waals surface area contributed by atoms with E-state index in [0.717, 1.165) is 28.9 Å². The molecule has 0 heterocycles. The summed E-state index contributed by atoms with van der Waals surface area (Å²) in [5.41, 5.74) is 3.18. The molecule has 0 bridgehead atoms. The van der Waals surface area contributed by atoms with Gasteiger partial charge in [0.2, 0.25) is 15.7 Å². The predicted octanol–water partition coefficient (Wildman–Crippen LogP) is 3.37. The van der Waals surface area contributed by atoms with Crippen LogP contribution in [-0.2, 0) is 14.6 Å². The first-order valence-corrected chi connectivity index (χ1v) is 9.37. The number of hydrogen-bond donors (Lipinski definition) is 1. The molecule has 0 fully saturated rings. The zero-order valence-electron chi connectivity index (χ0n) is 14.7. The number of likely N-dealkylation sites (N-methyl/N-ethyl adjacent to an activating group) is 1. The molecule has 0 saturated heterocycles. The maximum Gasteiger partial charge on any atom is 0.341 e. The summed E-state index contributed by atoms with van der Waals surface area (Å²) in [6.07, 6.45) is 0. The Morgan fingerprint density at radius 2 is 1.62 bits per heavy atom. The molecule has 0 aromatic heterocycles. The highest BCUT2D eigenvalue weighted by Crippen LogP contribution is 2.22. The summed E-state index contributed by atoms with van der Waals surface area (Å²) in [6.45, 7) is 3.82. The summed E-state index contributed by atoms with van der Waals surface area (Å²) in [7, 11) is -2.97. The predicted molar refractivity (Wildman–Crippen MR) is 97.4 cm³/mol. The van der Waals surface area contributed by atoms with Crippen molar-refractivity contribution < 1.29 is 22.0 Å². The molecule has 0 aliphatic heterocycles. The number of benzene rings is 2. The number of nitrogens with one attached hydrogen (secondary N) is 1. The third-order valence-corrected chi connectivity index (χ3v) is 5.37. The molecule has 0 unspecified atom stereocenters. The first kappa shape index (κ1) is 19.8. The molecule has 2 aromatic carbocycles. The van der Waals surface area contributed by atoms with E-state index in [4.69, 9.17) is 0 Å². The Kier molecular flexibility index (Phi) is 5.97. The van der Waals surface area contributed by atoms with Crippen LogP contribution in [0.15, 0.2) is 47.4 Å². The lowest BCUT2D eigenvalue weighted by molar-refractivity contribution is -0.114. The highest BCUT2D eigenvalue weighted by molar-refractivity contribution is 7.91. The number of sulfone groups is 1. The maximum atomic E-state index is 12.6. The summed E-state index contributed by atoms with van der Waals surface area (Å²) in [4.78, 5) is 13.4. The van der Waals surface area contributed by atoms with Gasteiger partial charge < -0.3 is 10.2 Å². The molecule has 0 saturated carbocycles. The minimum absolute atomic E-state index is 0.0225. The van der Waals surface area contributed by atoms with Crippen molar-refractivity contribution in [2.45, 2.75) is 24.5 Å². The minimum Gasteiger partial charge on any atom is -0.365 e. The Labute approximate surface area is 151 Å². The van der Waals surface area contributed by atoms with Crippen LogP contribution in [-0.4, -0.2) is 33.7 Å². The molecule has 0 spiro atoms. The highest BCUT2D eigenvalue weighted by atomic mass is 32.2. The van der Waals surface area contributed by atoms with Gasteiger partial charge in [-0.15, -0.1) is 0 Å². The van der Waals surface area contributed by atoms with Crippen molar-refractivity contribution in [1.29, 1.82) is 0 Å². The number of halogens is 2. The Hall–Kier alpha value is -2.48. The fourth-order valence-electron chi connectivity index (χ4n) is 2.49. The van der Waals surface area contributed by atoms with E-state index in [1.165, 1.54) is 12.1 Å². The van der Waals surface area contributed by atoms with Gasteiger partial charge in [-0.2, -0.15) is 8.78 Å². The number of para-hydroxylation sites is 1. The van der Waals surface area contributed by atoms with Crippen molar-refractivity contribution in [3.05, 3.63) is 53.6 Å². The summed E-state index contributed by atoms with van der Waals surface area (Å²) in [6, 6.07) is 10.7. The first-order valence-electron chi connectivity index (χ1n) is 7.82. The third-order valence-electron chi connectivity index (χ3n) is 3.97. The summed E-state index contributed by atoms with van der Waals surface area (Å²) >= 11 is 0. The van der Waals surface area contributed by atoms with Gasteiger partial charge in [0.1, 0.15) is 0 Å². The molecule has 0 atom stereocenters. The van der Waals surface area contributed by atoms with Crippen LogP contribution in [0.25, 0.3) is 0 Å². The van der Waals surface area contributed by atoms with E-state index < -0.39 is 20.5 Å². The zero-order chi connectivity index (χ0) is 19.5. The second kappa shape index (κ2) is 7.82. The average Bonchev–Trinajstić information content (AvgIpc) is 2.58. The van der Waals surface area contributed by atoms with E-state index in [-0.39, 0.29) is 12.5 Å². The molecule has 8 heteroatoms. The van der Waals surface area contributed by atoms with Crippen LogP contribution in [0.3, 0.4) is 0 Å². The molecule has 0 radical (unpaired) electrons. The SMILES string of the molecule is Cc1cccc(C)c1NC(=O)CN(C)c1ccc(S(=O)(=O)C(F)F)cc1. The van der Waals surface area contributed by atoms with E-state index in [9.17, 15) is 22.0 Å². The molecule has 2 aromatic rings. The van der Waals surface area contributed by atoms with Crippen molar-refractivity contribution in [1.82, 2.24) is 0 Å². The lowest BCUT2D eigenvalue weighted by Crippen LogP contribution is -2.30. The van der Waals surface area contributed by atoms with Gasteiger partial charge in [-0.1, -0.05) is 18.2 Å². The molecular formula is C18H20F2N2O3S. The van der Waals surface area contributed by atoms with E-state index in [1.54, 1.807) is 11.9 Å². The Bertz CT molecular complexity index is 877. The molecular weight excluding hydrogens is 362 g/mol. The van der Waals surface area contributed by atoms with Crippen molar-refractivity contribution in [2.75, 3.05) is 23.8 Å². The van der Waals surface area contributed by atoms with Crippen LogP contribution in [0.5, 0.6) is 0 Å². The molecule has 0 aliphatic carbocycles. The minimum atomic E-state index is -4.62. The first-order chi connectivity index (χ1) is 12.1. The molecule has 1 amide bonds. The molecule has 1 N–H and O–H groups in total. The number of alkyl halides is 2. The van der Waals surface area contributed by atoms with Gasteiger partial charge in [0.15, 0.2) is 0 Å². The lowest BCUT2D eigenvalue weighted by Gasteiger charge is -2.20. The number of hydrogen-bond acceptors (Lipinski definition) is 4. The number of carbonyl (C=O) groups excluding carboxylic acids is 1. The van der Waals surface area contributed by atoms with Gasteiger partial charge in [0.05, 0.1) is 11.4 Å². The van der Waals surface area contributed by atoms with Crippen molar-refractivity contribution in [3.63, 3.8) is 0 Å². The summed E-state index contributed by atoms with van der Waals surface area (Å²) in [5, 5.41) is 2.85. The third kappa shape index (κ3) is 4.37. The van der Waals surface area contributed by atoms with Gasteiger partial charge >= 0.3 is 5.76 Å². The van der Waals surface area contributed by atoms with Crippen molar-refractivity contribution in [2.24, 2.45) is 0 Å². The van der Waals surface area contributed by atoms with Crippen LogP contribution in [0.2, 0.25) is 0 Å². The number of aryl methyl sites for hydroxylation is 2. The van der Waals surface area contributed by atoms with Gasteiger partial charge in [-0.05, 0) is 49.2 Å². The molecule has 140 valence electrons. The van der Waals surface area contributed by atoms with Gasteiger partial charge in [-0.25, -0.2) is 8.42 Å².